The van der Waals surface area contributed by atoms with E-state index in [0.29, 0.717) is 0 Å². The topological polar surface area (TPSA) is 113 Å². The van der Waals surface area contributed by atoms with E-state index in [1.54, 1.807) is 0 Å². The van der Waals surface area contributed by atoms with E-state index in [4.69, 9.17) is 14.2 Å². The Kier molecular flexibility index (Phi) is 9.46. The Balaban J connectivity index is 4.52. The molecule has 0 unspecified atom stereocenters. The van der Waals surface area contributed by atoms with Crippen molar-refractivity contribution < 1.29 is 37.0 Å². The third-order valence-electron chi connectivity index (χ3n) is 1.80. The molecule has 0 aliphatic carbocycles. The van der Waals surface area contributed by atoms with Crippen molar-refractivity contribution >= 4 is 53.0 Å². The van der Waals surface area contributed by atoms with Gasteiger partial charge in [0.1, 0.15) is 19.0 Å². The summed E-state index contributed by atoms with van der Waals surface area (Å²) in [7, 11) is -3.56. The summed E-state index contributed by atoms with van der Waals surface area (Å²) in [6, 6.07) is 0. The van der Waals surface area contributed by atoms with Crippen LogP contribution in [0.5, 0.6) is 0 Å². The maximum absolute atomic E-state index is 11.4. The smallest absolute Gasteiger partial charge is 0.321 e. The Bertz CT molecular complexity index is 453. The molecule has 8 nitrogen and oxygen atoms in total. The van der Waals surface area contributed by atoms with Crippen molar-refractivity contribution in [2.24, 2.45) is 0 Å². The third kappa shape index (κ3) is 11.4. The van der Waals surface area contributed by atoms with Gasteiger partial charge in [-0.25, -0.2) is 8.42 Å². The molecule has 11 heteroatoms. The van der Waals surface area contributed by atoms with Crippen LogP contribution in [0.2, 0.25) is 0 Å². The predicted molar refractivity (Wildman–Crippen MR) is 79.2 cm³/mol. The van der Waals surface area contributed by atoms with Crippen LogP contribution in [0.15, 0.2) is 0 Å². The van der Waals surface area contributed by atoms with Gasteiger partial charge in [-0.2, -0.15) is 25.3 Å². The average Bonchev–Trinajstić information content (AvgIpc) is 2.38. The number of hydrogen-bond donors (Lipinski definition) is 2. The van der Waals surface area contributed by atoms with Crippen molar-refractivity contribution in [1.29, 1.82) is 0 Å². The fourth-order valence-corrected chi connectivity index (χ4v) is 1.69. The fraction of sp³-hybridized carbons (Fsp3) is 0.700. The molecule has 0 heterocycles. The Hall–Kier alpha value is -0.940. The van der Waals surface area contributed by atoms with Crippen molar-refractivity contribution in [3.8, 4) is 0 Å². The summed E-state index contributed by atoms with van der Waals surface area (Å²) >= 11 is 7.37. The molecule has 0 aromatic heterocycles. The summed E-state index contributed by atoms with van der Waals surface area (Å²) in [6.45, 7) is -0.760. The van der Waals surface area contributed by atoms with Crippen LogP contribution >= 0.6 is 25.3 Å². The minimum Gasteiger partial charge on any atom is -0.461 e. The molecule has 0 aromatic rings. The molecule has 0 bridgehead atoms. The zero-order valence-corrected chi connectivity index (χ0v) is 13.8. The number of ether oxygens (including phenoxy) is 3. The van der Waals surface area contributed by atoms with E-state index in [1.807, 2.05) is 0 Å². The first kappa shape index (κ1) is 20.1. The highest BCUT2D eigenvalue weighted by Gasteiger charge is 2.21. The number of esters is 3. The van der Waals surface area contributed by atoms with Crippen LogP contribution in [-0.4, -0.2) is 69.2 Å². The van der Waals surface area contributed by atoms with Crippen molar-refractivity contribution in [3.05, 3.63) is 0 Å². The van der Waals surface area contributed by atoms with Crippen LogP contribution in [-0.2, 0) is 38.4 Å². The Morgan fingerprint density at radius 2 is 1.38 bits per heavy atom. The van der Waals surface area contributed by atoms with Crippen LogP contribution in [0, 0.1) is 0 Å². The van der Waals surface area contributed by atoms with Crippen molar-refractivity contribution in [2.45, 2.75) is 6.10 Å². The van der Waals surface area contributed by atoms with E-state index in [1.165, 1.54) is 0 Å². The van der Waals surface area contributed by atoms with Crippen LogP contribution in [0.4, 0.5) is 0 Å². The van der Waals surface area contributed by atoms with Crippen LogP contribution in [0.25, 0.3) is 0 Å². The van der Waals surface area contributed by atoms with Gasteiger partial charge in [0.15, 0.2) is 15.9 Å². The maximum atomic E-state index is 11.4. The van der Waals surface area contributed by atoms with Gasteiger partial charge in [0, 0.05) is 6.26 Å². The Morgan fingerprint density at radius 1 is 0.952 bits per heavy atom. The number of hydrogen-bond acceptors (Lipinski definition) is 10. The van der Waals surface area contributed by atoms with Gasteiger partial charge in [-0.05, 0) is 0 Å². The lowest BCUT2D eigenvalue weighted by atomic mass is 10.4. The van der Waals surface area contributed by atoms with E-state index < -0.39 is 39.6 Å². The zero-order valence-electron chi connectivity index (χ0n) is 11.2. The minimum atomic E-state index is -3.56. The molecule has 122 valence electrons. The highest BCUT2D eigenvalue weighted by molar-refractivity contribution is 7.91. The zero-order chi connectivity index (χ0) is 16.5. The van der Waals surface area contributed by atoms with Crippen molar-refractivity contribution in [1.82, 2.24) is 0 Å². The molecule has 0 fully saturated rings. The van der Waals surface area contributed by atoms with Gasteiger partial charge in [0.2, 0.25) is 0 Å². The van der Waals surface area contributed by atoms with Gasteiger partial charge >= 0.3 is 17.9 Å². The summed E-state index contributed by atoms with van der Waals surface area (Å²) in [5.74, 6) is -3.55. The summed E-state index contributed by atoms with van der Waals surface area (Å²) in [6.07, 6.45) is -0.239. The fourth-order valence-electron chi connectivity index (χ4n) is 1.01. The van der Waals surface area contributed by atoms with Crippen LogP contribution in [0.3, 0.4) is 0 Å². The van der Waals surface area contributed by atoms with E-state index in [9.17, 15) is 22.8 Å². The van der Waals surface area contributed by atoms with Crippen LogP contribution < -0.4 is 0 Å². The maximum Gasteiger partial charge on any atom is 0.321 e. The van der Waals surface area contributed by atoms with Crippen molar-refractivity contribution in [3.63, 3.8) is 0 Å². The van der Waals surface area contributed by atoms with E-state index in [-0.39, 0.29) is 24.7 Å². The molecular weight excluding hydrogens is 344 g/mol. The van der Waals surface area contributed by atoms with E-state index >= 15 is 0 Å². The summed E-state index contributed by atoms with van der Waals surface area (Å²) < 4.78 is 36.1. The quantitative estimate of drug-likeness (QED) is 0.302. The lowest BCUT2D eigenvalue weighted by Gasteiger charge is -2.17. The first-order chi connectivity index (χ1) is 9.67. The van der Waals surface area contributed by atoms with Gasteiger partial charge in [0.05, 0.1) is 11.5 Å². The summed E-state index contributed by atoms with van der Waals surface area (Å²) in [5, 5.41) is 0. The summed E-state index contributed by atoms with van der Waals surface area (Å²) in [5.41, 5.74) is 0. The highest BCUT2D eigenvalue weighted by atomic mass is 32.2. The summed E-state index contributed by atoms with van der Waals surface area (Å²) in [4.78, 5) is 33.3. The molecule has 0 saturated heterocycles. The predicted octanol–water partition coefficient (Wildman–Crippen LogP) is -1.11. The molecule has 0 amide bonds. The van der Waals surface area contributed by atoms with Gasteiger partial charge in [0.25, 0.3) is 0 Å². The number of carbonyl (C=O) groups is 3. The normalized spacial score (nSPS) is 11.0. The molecule has 0 spiro atoms. The van der Waals surface area contributed by atoms with Crippen molar-refractivity contribution in [2.75, 3.05) is 36.7 Å². The first-order valence-corrected chi connectivity index (χ1v) is 8.90. The molecule has 0 N–H and O–H groups in total. The molecule has 0 aliphatic heterocycles. The molecule has 0 aromatic carbocycles. The average molecular weight is 360 g/mol. The number of sulfone groups is 1. The number of rotatable bonds is 9. The standard InChI is InChI=1S/C10H16O8S3/c1-21(14,15)6-10(13)18-7(2-16-8(11)4-19)3-17-9(12)5-20/h7,19-20H,2-6H2,1H3. The first-order valence-electron chi connectivity index (χ1n) is 5.58. The second-order valence-electron chi connectivity index (χ2n) is 3.86. The van der Waals surface area contributed by atoms with Gasteiger partial charge in [-0.3, -0.25) is 14.4 Å². The van der Waals surface area contributed by atoms with E-state index in [2.05, 4.69) is 25.3 Å². The second kappa shape index (κ2) is 9.90. The highest BCUT2D eigenvalue weighted by Crippen LogP contribution is 2.00. The molecular formula is C10H16O8S3. The van der Waals surface area contributed by atoms with Gasteiger partial charge < -0.3 is 14.2 Å². The number of carbonyl (C=O) groups excluding carboxylic acids is 3. The largest absolute Gasteiger partial charge is 0.461 e. The minimum absolute atomic E-state index is 0.180. The Morgan fingerprint density at radius 3 is 1.71 bits per heavy atom. The molecule has 21 heavy (non-hydrogen) atoms. The monoisotopic (exact) mass is 360 g/mol. The second-order valence-corrected chi connectivity index (χ2v) is 6.64. The lowest BCUT2D eigenvalue weighted by Crippen LogP contribution is -2.33. The van der Waals surface area contributed by atoms with E-state index in [0.717, 1.165) is 6.26 Å². The number of thiol groups is 2. The molecule has 0 rings (SSSR count). The third-order valence-corrected chi connectivity index (χ3v) is 3.07. The molecule has 0 saturated carbocycles. The van der Waals surface area contributed by atoms with Crippen LogP contribution in [0.1, 0.15) is 0 Å². The molecule has 0 aliphatic rings. The Labute approximate surface area is 133 Å². The van der Waals surface area contributed by atoms with Gasteiger partial charge in [-0.1, -0.05) is 0 Å². The molecule has 0 atom stereocenters. The molecule has 0 radical (unpaired) electrons. The lowest BCUT2D eigenvalue weighted by molar-refractivity contribution is -0.163. The SMILES string of the molecule is CS(=O)(=O)CC(=O)OC(COC(=O)CS)COC(=O)CS. The van der Waals surface area contributed by atoms with Gasteiger partial charge in [-0.15, -0.1) is 0 Å².